The lowest BCUT2D eigenvalue weighted by Gasteiger charge is -2.35. The molecule has 2 N–H and O–H groups in total. The summed E-state index contributed by atoms with van der Waals surface area (Å²) in [7, 11) is 0. The lowest BCUT2D eigenvalue weighted by molar-refractivity contribution is -0.129. The number of rotatable bonds is 5. The molecule has 0 unspecified atom stereocenters. The fraction of sp³-hybridized carbons (Fsp3) is 0.533. The highest BCUT2D eigenvalue weighted by molar-refractivity contribution is 5.73. The van der Waals surface area contributed by atoms with Crippen LogP contribution in [0.5, 0.6) is 5.75 Å². The Kier molecular flexibility index (Phi) is 5.41. The molecule has 0 bridgehead atoms. The molecule has 1 fully saturated rings. The summed E-state index contributed by atoms with van der Waals surface area (Å²) < 4.78 is 5.37. The molecule has 0 radical (unpaired) electrons. The minimum atomic E-state index is -0.857. The SMILES string of the molecule is CC(=O)N1CCN(c2ccc(OC[C@H](O)CO)cc2)CC1. The normalized spacial score (nSPS) is 16.7. The number of aliphatic hydroxyl groups is 2. The van der Waals surface area contributed by atoms with Gasteiger partial charge in [-0.3, -0.25) is 4.79 Å². The first-order chi connectivity index (χ1) is 10.1. The highest BCUT2D eigenvalue weighted by Crippen LogP contribution is 2.21. The maximum atomic E-state index is 11.3. The zero-order valence-corrected chi connectivity index (χ0v) is 12.2. The number of hydrogen-bond acceptors (Lipinski definition) is 5. The van der Waals surface area contributed by atoms with Gasteiger partial charge in [-0.2, -0.15) is 0 Å². The van der Waals surface area contributed by atoms with Crippen LogP contribution >= 0.6 is 0 Å². The number of ether oxygens (including phenoxy) is 1. The molecule has 6 nitrogen and oxygen atoms in total. The number of aliphatic hydroxyl groups excluding tert-OH is 2. The summed E-state index contributed by atoms with van der Waals surface area (Å²) in [6, 6.07) is 7.61. The van der Waals surface area contributed by atoms with Gasteiger partial charge in [0.1, 0.15) is 18.5 Å². The third-order valence-corrected chi connectivity index (χ3v) is 3.58. The van der Waals surface area contributed by atoms with Gasteiger partial charge in [0, 0.05) is 38.8 Å². The van der Waals surface area contributed by atoms with Gasteiger partial charge in [-0.25, -0.2) is 0 Å². The monoisotopic (exact) mass is 294 g/mol. The van der Waals surface area contributed by atoms with E-state index in [-0.39, 0.29) is 19.1 Å². The van der Waals surface area contributed by atoms with Crippen molar-refractivity contribution >= 4 is 11.6 Å². The average Bonchev–Trinajstić information content (AvgIpc) is 2.53. The second kappa shape index (κ2) is 7.28. The average molecular weight is 294 g/mol. The summed E-state index contributed by atoms with van der Waals surface area (Å²) in [6.07, 6.45) is -0.857. The molecule has 1 atom stereocenters. The van der Waals surface area contributed by atoms with E-state index in [4.69, 9.17) is 9.84 Å². The van der Waals surface area contributed by atoms with Crippen LogP contribution in [0.2, 0.25) is 0 Å². The van der Waals surface area contributed by atoms with Gasteiger partial charge in [-0.15, -0.1) is 0 Å². The molecule has 21 heavy (non-hydrogen) atoms. The van der Waals surface area contributed by atoms with Crippen LogP contribution in [0, 0.1) is 0 Å². The summed E-state index contributed by atoms with van der Waals surface area (Å²) >= 11 is 0. The van der Waals surface area contributed by atoms with Crippen LogP contribution in [0.4, 0.5) is 5.69 Å². The van der Waals surface area contributed by atoms with Crippen molar-refractivity contribution in [1.82, 2.24) is 4.90 Å². The van der Waals surface area contributed by atoms with Gasteiger partial charge in [-0.1, -0.05) is 0 Å². The standard InChI is InChI=1S/C15H22N2O4/c1-12(19)16-6-8-17(9-7-16)13-2-4-15(5-3-13)21-11-14(20)10-18/h2-5,14,18,20H,6-11H2,1H3/t14-/m1/s1. The van der Waals surface area contributed by atoms with Gasteiger partial charge in [-0.05, 0) is 24.3 Å². The molecule has 116 valence electrons. The summed E-state index contributed by atoms with van der Waals surface area (Å²) in [6.45, 7) is 4.51. The van der Waals surface area contributed by atoms with E-state index < -0.39 is 6.10 Å². The van der Waals surface area contributed by atoms with Crippen molar-refractivity contribution in [1.29, 1.82) is 0 Å². The molecule has 0 spiro atoms. The number of carbonyl (C=O) groups excluding carboxylic acids is 1. The Morgan fingerprint density at radius 2 is 1.86 bits per heavy atom. The van der Waals surface area contributed by atoms with Gasteiger partial charge in [0.2, 0.25) is 5.91 Å². The van der Waals surface area contributed by atoms with Crippen LogP contribution in [-0.4, -0.2) is 66.5 Å². The zero-order chi connectivity index (χ0) is 15.2. The van der Waals surface area contributed by atoms with Crippen LogP contribution in [0.3, 0.4) is 0 Å². The topological polar surface area (TPSA) is 73.2 Å². The van der Waals surface area contributed by atoms with Crippen molar-refractivity contribution in [3.8, 4) is 5.75 Å². The summed E-state index contributed by atoms with van der Waals surface area (Å²) in [5, 5.41) is 18.0. The van der Waals surface area contributed by atoms with Gasteiger partial charge >= 0.3 is 0 Å². The number of amides is 1. The molecular weight excluding hydrogens is 272 g/mol. The molecule has 2 rings (SSSR count). The van der Waals surface area contributed by atoms with Crippen molar-refractivity contribution in [2.45, 2.75) is 13.0 Å². The Morgan fingerprint density at radius 3 is 2.38 bits per heavy atom. The summed E-state index contributed by atoms with van der Waals surface area (Å²) in [5.74, 6) is 0.787. The second-order valence-electron chi connectivity index (χ2n) is 5.13. The number of piperazine rings is 1. The third kappa shape index (κ3) is 4.34. The fourth-order valence-electron chi connectivity index (χ4n) is 2.28. The quantitative estimate of drug-likeness (QED) is 0.805. The molecule has 1 aliphatic heterocycles. The first-order valence-electron chi connectivity index (χ1n) is 7.12. The number of nitrogens with zero attached hydrogens (tertiary/aromatic N) is 2. The van der Waals surface area contributed by atoms with Crippen LogP contribution in [0.1, 0.15) is 6.92 Å². The van der Waals surface area contributed by atoms with Gasteiger partial charge < -0.3 is 24.7 Å². The molecule has 1 amide bonds. The first-order valence-corrected chi connectivity index (χ1v) is 7.12. The van der Waals surface area contributed by atoms with E-state index >= 15 is 0 Å². The van der Waals surface area contributed by atoms with Crippen LogP contribution in [-0.2, 0) is 4.79 Å². The predicted octanol–water partition coefficient (Wildman–Crippen LogP) is 0.0871. The zero-order valence-electron chi connectivity index (χ0n) is 12.2. The lowest BCUT2D eigenvalue weighted by atomic mass is 10.2. The largest absolute Gasteiger partial charge is 0.491 e. The highest BCUT2D eigenvalue weighted by Gasteiger charge is 2.18. The van der Waals surface area contributed by atoms with E-state index in [1.165, 1.54) is 0 Å². The van der Waals surface area contributed by atoms with E-state index in [0.29, 0.717) is 5.75 Å². The Labute approximate surface area is 124 Å². The Hall–Kier alpha value is -1.79. The molecule has 1 aromatic carbocycles. The number of carbonyl (C=O) groups is 1. The molecule has 0 saturated carbocycles. The van der Waals surface area contributed by atoms with Crippen molar-refractivity contribution in [2.75, 3.05) is 44.3 Å². The second-order valence-corrected chi connectivity index (χ2v) is 5.13. The lowest BCUT2D eigenvalue weighted by Crippen LogP contribution is -2.48. The van der Waals surface area contributed by atoms with Crippen molar-refractivity contribution in [3.63, 3.8) is 0 Å². The van der Waals surface area contributed by atoms with E-state index in [9.17, 15) is 9.90 Å². The number of hydrogen-bond donors (Lipinski definition) is 2. The van der Waals surface area contributed by atoms with Gasteiger partial charge in [0.15, 0.2) is 0 Å². The molecular formula is C15H22N2O4. The maximum absolute atomic E-state index is 11.3. The smallest absolute Gasteiger partial charge is 0.219 e. The minimum Gasteiger partial charge on any atom is -0.491 e. The van der Waals surface area contributed by atoms with Crippen LogP contribution < -0.4 is 9.64 Å². The van der Waals surface area contributed by atoms with Gasteiger partial charge in [0.05, 0.1) is 6.61 Å². The number of benzene rings is 1. The molecule has 0 aliphatic carbocycles. The van der Waals surface area contributed by atoms with E-state index in [2.05, 4.69) is 4.90 Å². The van der Waals surface area contributed by atoms with E-state index in [0.717, 1.165) is 31.9 Å². The van der Waals surface area contributed by atoms with Crippen molar-refractivity contribution < 1.29 is 19.7 Å². The molecule has 1 aromatic rings. The predicted molar refractivity (Wildman–Crippen MR) is 79.5 cm³/mol. The molecule has 1 heterocycles. The maximum Gasteiger partial charge on any atom is 0.219 e. The summed E-state index contributed by atoms with van der Waals surface area (Å²) in [4.78, 5) is 15.4. The molecule has 6 heteroatoms. The van der Waals surface area contributed by atoms with Crippen molar-refractivity contribution in [3.05, 3.63) is 24.3 Å². The number of anilines is 1. The minimum absolute atomic E-state index is 0.0765. The molecule has 1 saturated heterocycles. The van der Waals surface area contributed by atoms with Crippen LogP contribution in [0.25, 0.3) is 0 Å². The summed E-state index contributed by atoms with van der Waals surface area (Å²) in [5.41, 5.74) is 1.09. The Balaban J connectivity index is 1.86. The van der Waals surface area contributed by atoms with E-state index in [1.807, 2.05) is 29.2 Å². The molecule has 0 aromatic heterocycles. The highest BCUT2D eigenvalue weighted by atomic mass is 16.5. The Morgan fingerprint density at radius 1 is 1.24 bits per heavy atom. The van der Waals surface area contributed by atoms with Gasteiger partial charge in [0.25, 0.3) is 0 Å². The molecule has 1 aliphatic rings. The van der Waals surface area contributed by atoms with Crippen molar-refractivity contribution in [2.24, 2.45) is 0 Å². The first kappa shape index (κ1) is 15.6. The fourth-order valence-corrected chi connectivity index (χ4v) is 2.28. The third-order valence-electron chi connectivity index (χ3n) is 3.58. The Bertz CT molecular complexity index is 455. The van der Waals surface area contributed by atoms with E-state index in [1.54, 1.807) is 6.92 Å². The van der Waals surface area contributed by atoms with Crippen LogP contribution in [0.15, 0.2) is 24.3 Å².